The summed E-state index contributed by atoms with van der Waals surface area (Å²) >= 11 is 0. The minimum absolute atomic E-state index is 0.0297. The van der Waals surface area contributed by atoms with Crippen LogP contribution in [0.3, 0.4) is 0 Å². The molecule has 0 bridgehead atoms. The molecule has 0 radical (unpaired) electrons. The molecule has 0 spiro atoms. The smallest absolute Gasteiger partial charge is 0.243 e. The Kier molecular flexibility index (Phi) is 5.97. The second-order valence-corrected chi connectivity index (χ2v) is 8.33. The second-order valence-electron chi connectivity index (χ2n) is 8.33. The van der Waals surface area contributed by atoms with E-state index in [2.05, 4.69) is 22.3 Å². The highest BCUT2D eigenvalue weighted by Crippen LogP contribution is 2.36. The van der Waals surface area contributed by atoms with Crippen LogP contribution in [0.2, 0.25) is 0 Å². The Morgan fingerprint density at radius 2 is 1.82 bits per heavy atom. The fraction of sp³-hybridized carbons (Fsp3) is 0.636. The number of carbonyl (C=O) groups excluding carboxylic acids is 2. The average molecular weight is 386 g/mol. The van der Waals surface area contributed by atoms with E-state index in [4.69, 9.17) is 4.74 Å². The fourth-order valence-electron chi connectivity index (χ4n) is 5.08. The molecule has 0 aromatic heterocycles. The van der Waals surface area contributed by atoms with Crippen molar-refractivity contribution in [2.24, 2.45) is 0 Å². The van der Waals surface area contributed by atoms with Crippen LogP contribution in [-0.2, 0) is 20.7 Å². The van der Waals surface area contributed by atoms with Gasteiger partial charge in [-0.25, -0.2) is 0 Å². The molecule has 2 amide bonds. The van der Waals surface area contributed by atoms with Crippen molar-refractivity contribution in [3.05, 3.63) is 35.9 Å². The number of hydrogen-bond acceptors (Lipinski definition) is 4. The molecule has 2 aliphatic heterocycles. The second kappa shape index (κ2) is 8.62. The maximum atomic E-state index is 13.8. The van der Waals surface area contributed by atoms with E-state index < -0.39 is 5.54 Å². The summed E-state index contributed by atoms with van der Waals surface area (Å²) in [6, 6.07) is 10.1. The SMILES string of the molecule is O=C1CN(C(=O)C2(N3CCOCC3)CCCCC2)C[C@H](Cc2ccccc2)N1. The Hall–Kier alpha value is -1.92. The van der Waals surface area contributed by atoms with Crippen LogP contribution >= 0.6 is 0 Å². The zero-order valence-electron chi connectivity index (χ0n) is 16.6. The predicted molar refractivity (Wildman–Crippen MR) is 107 cm³/mol. The lowest BCUT2D eigenvalue weighted by molar-refractivity contribution is -0.155. The molecule has 4 rings (SSSR count). The minimum atomic E-state index is -0.447. The van der Waals surface area contributed by atoms with Crippen molar-refractivity contribution in [1.29, 1.82) is 0 Å². The van der Waals surface area contributed by atoms with Crippen molar-refractivity contribution in [1.82, 2.24) is 15.1 Å². The Bertz CT molecular complexity index is 682. The van der Waals surface area contributed by atoms with E-state index in [0.717, 1.165) is 45.2 Å². The topological polar surface area (TPSA) is 61.9 Å². The number of ether oxygens (including phenoxy) is 1. The van der Waals surface area contributed by atoms with Gasteiger partial charge in [-0.1, -0.05) is 49.6 Å². The van der Waals surface area contributed by atoms with Crippen molar-refractivity contribution in [3.63, 3.8) is 0 Å². The third-order valence-corrected chi connectivity index (χ3v) is 6.45. The molecule has 2 saturated heterocycles. The van der Waals surface area contributed by atoms with Gasteiger partial charge in [-0.3, -0.25) is 14.5 Å². The van der Waals surface area contributed by atoms with Crippen LogP contribution in [0.25, 0.3) is 0 Å². The van der Waals surface area contributed by atoms with Crippen molar-refractivity contribution >= 4 is 11.8 Å². The molecule has 1 aliphatic carbocycles. The van der Waals surface area contributed by atoms with Crippen molar-refractivity contribution < 1.29 is 14.3 Å². The summed E-state index contributed by atoms with van der Waals surface area (Å²) in [6.45, 7) is 3.75. The minimum Gasteiger partial charge on any atom is -0.379 e. The van der Waals surface area contributed by atoms with Gasteiger partial charge < -0.3 is 15.0 Å². The number of hydrogen-bond donors (Lipinski definition) is 1. The third kappa shape index (κ3) is 4.08. The summed E-state index contributed by atoms with van der Waals surface area (Å²) in [5, 5.41) is 3.08. The van der Waals surface area contributed by atoms with Gasteiger partial charge in [0.2, 0.25) is 11.8 Å². The number of nitrogens with one attached hydrogen (secondary N) is 1. The van der Waals surface area contributed by atoms with Crippen LogP contribution < -0.4 is 5.32 Å². The molecule has 3 aliphatic rings. The van der Waals surface area contributed by atoms with E-state index in [0.29, 0.717) is 19.8 Å². The Labute approximate surface area is 167 Å². The fourth-order valence-corrected chi connectivity index (χ4v) is 5.08. The highest BCUT2D eigenvalue weighted by atomic mass is 16.5. The number of nitrogens with zero attached hydrogens (tertiary/aromatic N) is 2. The molecular weight excluding hydrogens is 354 g/mol. The maximum absolute atomic E-state index is 13.8. The normalized spacial score (nSPS) is 25.9. The summed E-state index contributed by atoms with van der Waals surface area (Å²) in [7, 11) is 0. The Balaban J connectivity index is 1.51. The largest absolute Gasteiger partial charge is 0.379 e. The first kappa shape index (κ1) is 19.4. The molecule has 3 fully saturated rings. The summed E-state index contributed by atoms with van der Waals surface area (Å²) < 4.78 is 5.53. The first-order chi connectivity index (χ1) is 13.7. The standard InChI is InChI=1S/C22H31N3O3/c26-20-17-24(16-19(23-20)15-18-7-3-1-4-8-18)21(27)22(9-5-2-6-10-22)25-11-13-28-14-12-25/h1,3-4,7-8,19H,2,5-6,9-17H2,(H,23,26)/t19-/m0/s1. The predicted octanol–water partition coefficient (Wildman–Crippen LogP) is 1.59. The van der Waals surface area contributed by atoms with Gasteiger partial charge in [-0.2, -0.15) is 0 Å². The monoisotopic (exact) mass is 385 g/mol. The number of carbonyl (C=O) groups is 2. The molecule has 1 N–H and O–H groups in total. The molecule has 1 atom stereocenters. The van der Waals surface area contributed by atoms with Crippen molar-refractivity contribution in [2.45, 2.75) is 50.1 Å². The Morgan fingerprint density at radius 3 is 2.54 bits per heavy atom. The molecule has 1 aromatic carbocycles. The summed E-state index contributed by atoms with van der Waals surface area (Å²) in [5.41, 5.74) is 0.736. The lowest BCUT2D eigenvalue weighted by Crippen LogP contribution is -2.66. The maximum Gasteiger partial charge on any atom is 0.243 e. The zero-order chi connectivity index (χ0) is 19.4. The number of morpholine rings is 1. The van der Waals surface area contributed by atoms with Gasteiger partial charge >= 0.3 is 0 Å². The highest BCUT2D eigenvalue weighted by molar-refractivity contribution is 5.91. The van der Waals surface area contributed by atoms with E-state index in [1.807, 2.05) is 23.1 Å². The molecule has 2 heterocycles. The lowest BCUT2D eigenvalue weighted by Gasteiger charge is -2.49. The van der Waals surface area contributed by atoms with Crippen LogP contribution in [0.1, 0.15) is 37.7 Å². The van der Waals surface area contributed by atoms with Crippen LogP contribution in [0.15, 0.2) is 30.3 Å². The van der Waals surface area contributed by atoms with Gasteiger partial charge in [0, 0.05) is 19.6 Å². The third-order valence-electron chi connectivity index (χ3n) is 6.45. The molecular formula is C22H31N3O3. The van der Waals surface area contributed by atoms with Gasteiger partial charge in [-0.15, -0.1) is 0 Å². The number of benzene rings is 1. The van der Waals surface area contributed by atoms with Crippen LogP contribution in [0.5, 0.6) is 0 Å². The number of rotatable bonds is 4. The molecule has 28 heavy (non-hydrogen) atoms. The van der Waals surface area contributed by atoms with E-state index >= 15 is 0 Å². The van der Waals surface area contributed by atoms with Gasteiger partial charge in [0.05, 0.1) is 25.8 Å². The number of piperazine rings is 1. The van der Waals surface area contributed by atoms with E-state index in [-0.39, 0.29) is 24.4 Å². The van der Waals surface area contributed by atoms with Crippen LogP contribution in [0, 0.1) is 0 Å². The number of amides is 2. The van der Waals surface area contributed by atoms with Gasteiger partial charge in [-0.05, 0) is 24.8 Å². The molecule has 152 valence electrons. The van der Waals surface area contributed by atoms with E-state index in [1.54, 1.807) is 0 Å². The van der Waals surface area contributed by atoms with Crippen LogP contribution in [-0.4, -0.2) is 72.6 Å². The molecule has 1 aromatic rings. The van der Waals surface area contributed by atoms with Crippen molar-refractivity contribution in [2.75, 3.05) is 39.4 Å². The summed E-state index contributed by atoms with van der Waals surface area (Å²) in [6.07, 6.45) is 5.89. The molecule has 1 saturated carbocycles. The van der Waals surface area contributed by atoms with Gasteiger partial charge in [0.15, 0.2) is 0 Å². The lowest BCUT2D eigenvalue weighted by atomic mass is 9.78. The molecule has 6 nitrogen and oxygen atoms in total. The zero-order valence-corrected chi connectivity index (χ0v) is 16.6. The molecule has 0 unspecified atom stereocenters. The van der Waals surface area contributed by atoms with E-state index in [9.17, 15) is 9.59 Å². The van der Waals surface area contributed by atoms with Crippen LogP contribution in [0.4, 0.5) is 0 Å². The summed E-state index contributed by atoms with van der Waals surface area (Å²) in [5.74, 6) is 0.107. The highest BCUT2D eigenvalue weighted by Gasteiger charge is 2.48. The summed E-state index contributed by atoms with van der Waals surface area (Å²) in [4.78, 5) is 30.4. The average Bonchev–Trinajstić information content (AvgIpc) is 2.74. The quantitative estimate of drug-likeness (QED) is 0.855. The first-order valence-electron chi connectivity index (χ1n) is 10.6. The van der Waals surface area contributed by atoms with Gasteiger partial charge in [0.1, 0.15) is 5.54 Å². The first-order valence-corrected chi connectivity index (χ1v) is 10.6. The van der Waals surface area contributed by atoms with Gasteiger partial charge in [0.25, 0.3) is 0 Å². The van der Waals surface area contributed by atoms with Crippen molar-refractivity contribution in [3.8, 4) is 0 Å². The van der Waals surface area contributed by atoms with E-state index in [1.165, 1.54) is 12.0 Å². The Morgan fingerprint density at radius 1 is 1.11 bits per heavy atom. The molecule has 6 heteroatoms.